The van der Waals surface area contributed by atoms with E-state index < -0.39 is 12.1 Å². The van der Waals surface area contributed by atoms with Crippen molar-refractivity contribution in [1.29, 1.82) is 0 Å². The predicted octanol–water partition coefficient (Wildman–Crippen LogP) is 22.7. The van der Waals surface area contributed by atoms with E-state index in [1.165, 1.54) is 308 Å². The Morgan fingerprint density at radius 3 is 1.00 bits per heavy atom. The summed E-state index contributed by atoms with van der Waals surface area (Å²) in [5.41, 5.74) is 0. The molecule has 0 rings (SSSR count). The second-order valence-electron chi connectivity index (χ2n) is 24.2. The molecule has 0 aliphatic heterocycles. The summed E-state index contributed by atoms with van der Waals surface area (Å²) in [4.78, 5) is 24.6. The zero-order valence-electron chi connectivity index (χ0n) is 52.7. The smallest absolute Gasteiger partial charge is 0.305 e. The predicted molar refractivity (Wildman–Crippen MR) is 343 cm³/mol. The lowest BCUT2D eigenvalue weighted by Gasteiger charge is -2.20. The number of hydrogen-bond acceptors (Lipinski definition) is 5. The maximum atomic E-state index is 12.5. The van der Waals surface area contributed by atoms with Crippen LogP contribution in [0.15, 0.2) is 36.5 Å². The van der Waals surface area contributed by atoms with E-state index in [1.807, 2.05) is 6.08 Å². The number of aliphatic hydroxyl groups excluding tert-OH is 2. The van der Waals surface area contributed by atoms with E-state index in [9.17, 15) is 19.8 Å². The largest absolute Gasteiger partial charge is 0.466 e. The first-order valence-corrected chi connectivity index (χ1v) is 35.3. The lowest BCUT2D eigenvalue weighted by molar-refractivity contribution is -0.143. The number of nitrogens with one attached hydrogen (secondary N) is 1. The molecule has 0 heterocycles. The number of carbonyl (C=O) groups excluding carboxylic acids is 2. The molecule has 0 aromatic carbocycles. The van der Waals surface area contributed by atoms with Gasteiger partial charge in [-0.1, -0.05) is 346 Å². The average Bonchev–Trinajstić information content (AvgIpc) is 3.44. The number of ether oxygens (including phenoxy) is 1. The van der Waals surface area contributed by atoms with Crippen molar-refractivity contribution in [3.05, 3.63) is 36.5 Å². The van der Waals surface area contributed by atoms with Crippen LogP contribution in [0.1, 0.15) is 386 Å². The minimum atomic E-state index is -0.846. The maximum Gasteiger partial charge on any atom is 0.305 e. The molecule has 0 saturated carbocycles. The maximum absolute atomic E-state index is 12.5. The van der Waals surface area contributed by atoms with Gasteiger partial charge in [0.2, 0.25) is 5.91 Å². The van der Waals surface area contributed by atoms with Crippen molar-refractivity contribution in [3.8, 4) is 0 Å². The molecule has 0 aliphatic rings. The number of unbranched alkanes of at least 4 members (excludes halogenated alkanes) is 51. The summed E-state index contributed by atoms with van der Waals surface area (Å²) in [6, 6.07) is -0.630. The second-order valence-corrected chi connectivity index (χ2v) is 24.2. The SMILES string of the molecule is CCCCC/C=C\C/C=C\CCCCCCCCCC(=O)OCCCCCCCCCCCCCCCCCCCCCCCCC(=O)NC(CO)C(O)/C=C/CCCCCCCCCCCCCCCCCCCCCC. The molecule has 0 fully saturated rings. The first kappa shape index (κ1) is 76.1. The van der Waals surface area contributed by atoms with E-state index in [0.29, 0.717) is 19.4 Å². The summed E-state index contributed by atoms with van der Waals surface area (Å²) < 4.78 is 5.50. The van der Waals surface area contributed by atoms with Gasteiger partial charge in [0, 0.05) is 12.8 Å². The molecule has 0 radical (unpaired) electrons. The molecule has 2 unspecified atom stereocenters. The fourth-order valence-corrected chi connectivity index (χ4v) is 11.0. The van der Waals surface area contributed by atoms with Crippen LogP contribution in [-0.2, 0) is 14.3 Å². The molecule has 78 heavy (non-hydrogen) atoms. The minimum absolute atomic E-state index is 0.00556. The van der Waals surface area contributed by atoms with Gasteiger partial charge in [-0.15, -0.1) is 0 Å². The number of aliphatic hydroxyl groups is 2. The standard InChI is InChI=1S/C72H137NO5/c1-3-5-7-9-11-13-15-17-19-21-22-23-26-29-33-36-40-44-48-52-56-60-64-70(75)69(68-74)73-71(76)65-61-57-53-49-45-41-37-34-30-27-24-25-28-31-35-39-43-47-51-55-59-63-67-78-72(77)66-62-58-54-50-46-42-38-32-20-18-16-14-12-10-8-6-4-2/h12,14,18,20,60,64,69-70,74-75H,3-11,13,15-17,19,21-59,61-63,65-68H2,1-2H3,(H,73,76)/b14-12-,20-18-,64-60+. The first-order valence-electron chi connectivity index (χ1n) is 35.3. The van der Waals surface area contributed by atoms with Crippen molar-refractivity contribution in [2.75, 3.05) is 13.2 Å². The van der Waals surface area contributed by atoms with Crippen molar-refractivity contribution in [2.45, 2.75) is 398 Å². The van der Waals surface area contributed by atoms with Crippen molar-refractivity contribution in [3.63, 3.8) is 0 Å². The Labute approximate surface area is 487 Å². The van der Waals surface area contributed by atoms with Crippen LogP contribution in [0.2, 0.25) is 0 Å². The Morgan fingerprint density at radius 1 is 0.359 bits per heavy atom. The molecular formula is C72H137NO5. The third kappa shape index (κ3) is 63.3. The van der Waals surface area contributed by atoms with Crippen molar-refractivity contribution in [2.24, 2.45) is 0 Å². The Morgan fingerprint density at radius 2 is 0.641 bits per heavy atom. The molecule has 6 heteroatoms. The summed E-state index contributed by atoms with van der Waals surface area (Å²) >= 11 is 0. The highest BCUT2D eigenvalue weighted by Gasteiger charge is 2.18. The van der Waals surface area contributed by atoms with Gasteiger partial charge in [0.15, 0.2) is 0 Å². The molecule has 0 spiro atoms. The monoisotopic (exact) mass is 1100 g/mol. The number of amides is 1. The van der Waals surface area contributed by atoms with Crippen LogP contribution in [0, 0.1) is 0 Å². The van der Waals surface area contributed by atoms with E-state index in [4.69, 9.17) is 4.74 Å². The molecule has 2 atom stereocenters. The van der Waals surface area contributed by atoms with Crippen LogP contribution >= 0.6 is 0 Å². The average molecular weight is 1100 g/mol. The summed E-state index contributed by atoms with van der Waals surface area (Å²) in [5.74, 6) is -0.0589. The van der Waals surface area contributed by atoms with Gasteiger partial charge in [0.1, 0.15) is 0 Å². The summed E-state index contributed by atoms with van der Waals surface area (Å²) in [7, 11) is 0. The number of allylic oxidation sites excluding steroid dienone is 5. The van der Waals surface area contributed by atoms with E-state index in [-0.39, 0.29) is 18.5 Å². The number of rotatable bonds is 66. The molecule has 6 nitrogen and oxygen atoms in total. The number of esters is 1. The Hall–Kier alpha value is -1.92. The van der Waals surface area contributed by atoms with E-state index >= 15 is 0 Å². The van der Waals surface area contributed by atoms with E-state index in [2.05, 4.69) is 43.5 Å². The van der Waals surface area contributed by atoms with E-state index in [0.717, 1.165) is 51.4 Å². The zero-order valence-corrected chi connectivity index (χ0v) is 52.7. The highest BCUT2D eigenvalue weighted by molar-refractivity contribution is 5.76. The fourth-order valence-electron chi connectivity index (χ4n) is 11.0. The molecule has 0 aromatic rings. The number of hydrogen-bond donors (Lipinski definition) is 3. The molecule has 3 N–H and O–H groups in total. The Kier molecular flexibility index (Phi) is 65.9. The van der Waals surface area contributed by atoms with Crippen LogP contribution in [0.4, 0.5) is 0 Å². The van der Waals surface area contributed by atoms with Crippen molar-refractivity contribution in [1.82, 2.24) is 5.32 Å². The molecule has 1 amide bonds. The van der Waals surface area contributed by atoms with Gasteiger partial charge in [-0.05, 0) is 64.2 Å². The van der Waals surface area contributed by atoms with Gasteiger partial charge in [-0.3, -0.25) is 9.59 Å². The summed E-state index contributed by atoms with van der Waals surface area (Å²) in [5, 5.41) is 23.3. The molecule has 0 aromatic heterocycles. The number of carbonyl (C=O) groups is 2. The van der Waals surface area contributed by atoms with Gasteiger partial charge in [0.25, 0.3) is 0 Å². The third-order valence-corrected chi connectivity index (χ3v) is 16.4. The fraction of sp³-hybridized carbons (Fsp3) is 0.889. The van der Waals surface area contributed by atoms with E-state index in [1.54, 1.807) is 6.08 Å². The van der Waals surface area contributed by atoms with Crippen molar-refractivity contribution >= 4 is 11.9 Å². The third-order valence-electron chi connectivity index (χ3n) is 16.4. The summed E-state index contributed by atoms with van der Waals surface area (Å²) in [6.45, 7) is 4.91. The topological polar surface area (TPSA) is 95.9 Å². The Bertz CT molecular complexity index is 1260. The quantitative estimate of drug-likeness (QED) is 0.0320. The van der Waals surface area contributed by atoms with Crippen LogP contribution < -0.4 is 5.32 Å². The molecule has 0 saturated heterocycles. The minimum Gasteiger partial charge on any atom is -0.466 e. The van der Waals surface area contributed by atoms with Gasteiger partial charge in [-0.2, -0.15) is 0 Å². The molecule has 460 valence electrons. The highest BCUT2D eigenvalue weighted by Crippen LogP contribution is 2.19. The Balaban J connectivity index is 3.41. The lowest BCUT2D eigenvalue weighted by atomic mass is 10.0. The van der Waals surface area contributed by atoms with Crippen LogP contribution in [0.3, 0.4) is 0 Å². The summed E-state index contributed by atoms with van der Waals surface area (Å²) in [6.07, 6.45) is 86.4. The van der Waals surface area contributed by atoms with Gasteiger partial charge in [0.05, 0.1) is 25.4 Å². The normalized spacial score (nSPS) is 12.7. The molecule has 0 bridgehead atoms. The molecule has 0 aliphatic carbocycles. The van der Waals surface area contributed by atoms with Gasteiger partial charge < -0.3 is 20.3 Å². The molecular weight excluding hydrogens is 959 g/mol. The van der Waals surface area contributed by atoms with Gasteiger partial charge in [-0.25, -0.2) is 0 Å². The van der Waals surface area contributed by atoms with Crippen molar-refractivity contribution < 1.29 is 24.5 Å². The van der Waals surface area contributed by atoms with Crippen LogP contribution in [-0.4, -0.2) is 47.4 Å². The zero-order chi connectivity index (χ0) is 56.4. The highest BCUT2D eigenvalue weighted by atomic mass is 16.5. The first-order chi connectivity index (χ1) is 38.5. The van der Waals surface area contributed by atoms with Crippen LogP contribution in [0.5, 0.6) is 0 Å². The van der Waals surface area contributed by atoms with Crippen LogP contribution in [0.25, 0.3) is 0 Å². The van der Waals surface area contributed by atoms with Gasteiger partial charge >= 0.3 is 5.97 Å². The second kappa shape index (κ2) is 67.6. The lowest BCUT2D eigenvalue weighted by Crippen LogP contribution is -2.45.